The first-order valence-electron chi connectivity index (χ1n) is 8.73. The van der Waals surface area contributed by atoms with E-state index in [1.165, 1.54) is 16.7 Å². The summed E-state index contributed by atoms with van der Waals surface area (Å²) in [6.45, 7) is 1.69. The van der Waals surface area contributed by atoms with Crippen molar-refractivity contribution < 1.29 is 9.47 Å². The Kier molecular flexibility index (Phi) is 5.92. The zero-order valence-corrected chi connectivity index (χ0v) is 15.6. The second kappa shape index (κ2) is 8.54. The maximum atomic E-state index is 5.50. The number of ether oxygens (including phenoxy) is 2. The minimum atomic E-state index is 0.810. The summed E-state index contributed by atoms with van der Waals surface area (Å²) in [5.41, 5.74) is 4.93. The van der Waals surface area contributed by atoms with Crippen LogP contribution in [0.15, 0.2) is 72.8 Å². The Morgan fingerprint density at radius 2 is 1.42 bits per heavy atom. The van der Waals surface area contributed by atoms with E-state index in [0.717, 1.165) is 30.2 Å². The minimum absolute atomic E-state index is 0.810. The van der Waals surface area contributed by atoms with Crippen LogP contribution in [0.3, 0.4) is 0 Å². The van der Waals surface area contributed by atoms with Gasteiger partial charge in [0.25, 0.3) is 0 Å². The highest BCUT2D eigenvalue weighted by molar-refractivity contribution is 5.63. The highest BCUT2D eigenvalue weighted by Gasteiger charge is 2.09. The zero-order valence-electron chi connectivity index (χ0n) is 15.6. The van der Waals surface area contributed by atoms with E-state index in [1.54, 1.807) is 14.2 Å². The lowest BCUT2D eigenvalue weighted by molar-refractivity contribution is 0.309. The second-order valence-corrected chi connectivity index (χ2v) is 6.41. The van der Waals surface area contributed by atoms with E-state index in [2.05, 4.69) is 66.5 Å². The van der Waals surface area contributed by atoms with Crippen molar-refractivity contribution in [3.05, 3.63) is 83.9 Å². The van der Waals surface area contributed by atoms with Gasteiger partial charge in [-0.1, -0.05) is 60.7 Å². The normalized spacial score (nSPS) is 10.8. The van der Waals surface area contributed by atoms with Crippen molar-refractivity contribution in [1.82, 2.24) is 4.90 Å². The Hall–Kier alpha value is -2.78. The van der Waals surface area contributed by atoms with Crippen molar-refractivity contribution >= 4 is 0 Å². The van der Waals surface area contributed by atoms with Crippen LogP contribution in [0.4, 0.5) is 0 Å². The van der Waals surface area contributed by atoms with Gasteiger partial charge in [0.15, 0.2) is 0 Å². The predicted octanol–water partition coefficient (Wildman–Crippen LogP) is 5.00. The van der Waals surface area contributed by atoms with E-state index < -0.39 is 0 Å². The van der Waals surface area contributed by atoms with E-state index in [9.17, 15) is 0 Å². The van der Waals surface area contributed by atoms with Crippen LogP contribution in [0.5, 0.6) is 11.5 Å². The summed E-state index contributed by atoms with van der Waals surface area (Å²) in [6.07, 6.45) is 0. The molecule has 0 aliphatic carbocycles. The largest absolute Gasteiger partial charge is 0.497 e. The predicted molar refractivity (Wildman–Crippen MR) is 107 cm³/mol. The molecule has 0 aromatic heterocycles. The van der Waals surface area contributed by atoms with E-state index in [1.807, 2.05) is 18.2 Å². The molecular formula is C23H25NO2. The Bertz CT molecular complexity index is 829. The fraction of sp³-hybridized carbons (Fsp3) is 0.217. The molecule has 26 heavy (non-hydrogen) atoms. The molecule has 3 aromatic rings. The molecule has 0 fully saturated rings. The van der Waals surface area contributed by atoms with Crippen LogP contribution in [-0.4, -0.2) is 26.2 Å². The van der Waals surface area contributed by atoms with Crippen LogP contribution < -0.4 is 9.47 Å². The molecule has 0 bridgehead atoms. The summed E-state index contributed by atoms with van der Waals surface area (Å²) in [5.74, 6) is 1.67. The van der Waals surface area contributed by atoms with Gasteiger partial charge >= 0.3 is 0 Å². The summed E-state index contributed by atoms with van der Waals surface area (Å²) in [6, 6.07) is 25.2. The van der Waals surface area contributed by atoms with Gasteiger partial charge in [0.1, 0.15) is 11.5 Å². The maximum Gasteiger partial charge on any atom is 0.127 e. The molecule has 0 aliphatic heterocycles. The zero-order chi connectivity index (χ0) is 18.4. The average molecular weight is 347 g/mol. The summed E-state index contributed by atoms with van der Waals surface area (Å²) < 4.78 is 10.8. The molecule has 0 aliphatic rings. The quantitative estimate of drug-likeness (QED) is 0.600. The van der Waals surface area contributed by atoms with Crippen molar-refractivity contribution in [2.24, 2.45) is 0 Å². The third kappa shape index (κ3) is 4.44. The van der Waals surface area contributed by atoms with Gasteiger partial charge < -0.3 is 9.47 Å². The molecule has 134 valence electrons. The highest BCUT2D eigenvalue weighted by atomic mass is 16.5. The average Bonchev–Trinajstić information content (AvgIpc) is 2.69. The van der Waals surface area contributed by atoms with Crippen molar-refractivity contribution in [3.63, 3.8) is 0 Å². The molecule has 3 heteroatoms. The first kappa shape index (κ1) is 18.0. The lowest BCUT2D eigenvalue weighted by atomic mass is 10.0. The fourth-order valence-electron chi connectivity index (χ4n) is 3.07. The van der Waals surface area contributed by atoms with Crippen molar-refractivity contribution in [1.29, 1.82) is 0 Å². The van der Waals surface area contributed by atoms with Gasteiger partial charge in [-0.2, -0.15) is 0 Å². The van der Waals surface area contributed by atoms with Crippen LogP contribution in [0.1, 0.15) is 11.1 Å². The number of rotatable bonds is 7. The molecule has 0 radical (unpaired) electrons. The molecule has 3 rings (SSSR count). The molecule has 0 spiro atoms. The standard InChI is InChI=1S/C23H25NO2/c1-24(17-21-13-14-22(25-2)15-23(21)26-3)16-18-9-11-20(12-10-18)19-7-5-4-6-8-19/h4-15H,16-17H2,1-3H3. The molecule has 0 saturated heterocycles. The summed E-state index contributed by atoms with van der Waals surface area (Å²) in [7, 11) is 5.48. The van der Waals surface area contributed by atoms with Crippen molar-refractivity contribution in [2.45, 2.75) is 13.1 Å². The summed E-state index contributed by atoms with van der Waals surface area (Å²) in [4.78, 5) is 2.28. The molecule has 0 N–H and O–H groups in total. The molecule has 0 heterocycles. The van der Waals surface area contributed by atoms with Crippen LogP contribution in [0.2, 0.25) is 0 Å². The number of hydrogen-bond acceptors (Lipinski definition) is 3. The van der Waals surface area contributed by atoms with E-state index in [-0.39, 0.29) is 0 Å². The van der Waals surface area contributed by atoms with Gasteiger partial charge in [0, 0.05) is 24.7 Å². The van der Waals surface area contributed by atoms with Crippen LogP contribution in [0.25, 0.3) is 11.1 Å². The molecule has 0 unspecified atom stereocenters. The Balaban J connectivity index is 1.66. The first-order chi connectivity index (χ1) is 12.7. The van der Waals surface area contributed by atoms with Gasteiger partial charge in [-0.05, 0) is 29.8 Å². The van der Waals surface area contributed by atoms with Crippen LogP contribution in [-0.2, 0) is 13.1 Å². The van der Waals surface area contributed by atoms with Gasteiger partial charge in [-0.15, -0.1) is 0 Å². The Labute approximate surface area is 155 Å². The third-order valence-corrected chi connectivity index (χ3v) is 4.45. The second-order valence-electron chi connectivity index (χ2n) is 6.41. The summed E-state index contributed by atoms with van der Waals surface area (Å²) in [5, 5.41) is 0. The molecule has 3 aromatic carbocycles. The number of methoxy groups -OCH3 is 2. The highest BCUT2D eigenvalue weighted by Crippen LogP contribution is 2.26. The monoisotopic (exact) mass is 347 g/mol. The molecule has 3 nitrogen and oxygen atoms in total. The van der Waals surface area contributed by atoms with Gasteiger partial charge in [0.05, 0.1) is 14.2 Å². The lowest BCUT2D eigenvalue weighted by Crippen LogP contribution is -2.17. The fourth-order valence-corrected chi connectivity index (χ4v) is 3.07. The number of hydrogen-bond donors (Lipinski definition) is 0. The Morgan fingerprint density at radius 1 is 0.731 bits per heavy atom. The van der Waals surface area contributed by atoms with E-state index >= 15 is 0 Å². The SMILES string of the molecule is COc1ccc(CN(C)Cc2ccc(-c3ccccc3)cc2)c(OC)c1. The van der Waals surface area contributed by atoms with E-state index in [4.69, 9.17) is 9.47 Å². The van der Waals surface area contributed by atoms with Crippen LogP contribution in [0, 0.1) is 0 Å². The summed E-state index contributed by atoms with van der Waals surface area (Å²) >= 11 is 0. The van der Waals surface area contributed by atoms with Crippen LogP contribution >= 0.6 is 0 Å². The molecule has 0 amide bonds. The van der Waals surface area contributed by atoms with Crippen molar-refractivity contribution in [2.75, 3.05) is 21.3 Å². The smallest absolute Gasteiger partial charge is 0.127 e. The van der Waals surface area contributed by atoms with E-state index in [0.29, 0.717) is 0 Å². The number of nitrogens with zero attached hydrogens (tertiary/aromatic N) is 1. The lowest BCUT2D eigenvalue weighted by Gasteiger charge is -2.19. The topological polar surface area (TPSA) is 21.7 Å². The molecular weight excluding hydrogens is 322 g/mol. The maximum absolute atomic E-state index is 5.50. The van der Waals surface area contributed by atoms with Gasteiger partial charge in [-0.25, -0.2) is 0 Å². The van der Waals surface area contributed by atoms with Gasteiger partial charge in [0.2, 0.25) is 0 Å². The first-order valence-corrected chi connectivity index (χ1v) is 8.73. The Morgan fingerprint density at radius 3 is 2.08 bits per heavy atom. The van der Waals surface area contributed by atoms with Crippen molar-refractivity contribution in [3.8, 4) is 22.6 Å². The molecule has 0 atom stereocenters. The number of benzene rings is 3. The minimum Gasteiger partial charge on any atom is -0.497 e. The molecule has 0 saturated carbocycles. The van der Waals surface area contributed by atoms with Gasteiger partial charge in [-0.3, -0.25) is 4.90 Å². The third-order valence-electron chi connectivity index (χ3n) is 4.45.